The van der Waals surface area contributed by atoms with Crippen LogP contribution in [-0.4, -0.2) is 0 Å². The number of unbranched alkanes of at least 4 members (excludes halogenated alkanes) is 3. The van der Waals surface area contributed by atoms with Gasteiger partial charge in [0, 0.05) is 6.42 Å². The predicted octanol–water partition coefficient (Wildman–Crippen LogP) is 5.49. The molecule has 0 aromatic heterocycles. The minimum absolute atomic E-state index is 0.906. The van der Waals surface area contributed by atoms with Crippen molar-refractivity contribution in [2.24, 2.45) is 5.92 Å². The first-order valence-electron chi connectivity index (χ1n) is 7.41. The van der Waals surface area contributed by atoms with Gasteiger partial charge in [-0.05, 0) is 25.2 Å². The molecular weight excluding hydrogens is 204 g/mol. The first-order chi connectivity index (χ1) is 8.27. The summed E-state index contributed by atoms with van der Waals surface area (Å²) in [5.41, 5.74) is 3.23. The summed E-state index contributed by atoms with van der Waals surface area (Å²) in [7, 11) is 0. The van der Waals surface area contributed by atoms with Gasteiger partial charge in [-0.15, -0.1) is 12.3 Å². The monoisotopic (exact) mass is 232 g/mol. The maximum absolute atomic E-state index is 5.30. The second-order valence-electron chi connectivity index (χ2n) is 5.61. The highest BCUT2D eigenvalue weighted by atomic mass is 14.2. The lowest BCUT2D eigenvalue weighted by Crippen LogP contribution is -1.94. The molecule has 1 atom stereocenters. The number of rotatable bonds is 10. The number of terminal acetylenes is 1. The van der Waals surface area contributed by atoms with Gasteiger partial charge in [0.25, 0.3) is 0 Å². The van der Waals surface area contributed by atoms with Crippen LogP contribution >= 0.6 is 0 Å². The summed E-state index contributed by atoms with van der Waals surface area (Å²) in [6, 6.07) is 0. The molecule has 0 fully saturated rings. The van der Waals surface area contributed by atoms with E-state index in [0.29, 0.717) is 0 Å². The van der Waals surface area contributed by atoms with E-state index in [-0.39, 0.29) is 0 Å². The predicted molar refractivity (Wildman–Crippen MR) is 76.9 cm³/mol. The van der Waals surface area contributed by atoms with Crippen molar-refractivity contribution in [1.82, 2.24) is 0 Å². The fourth-order valence-corrected chi connectivity index (χ4v) is 2.49. The topological polar surface area (TPSA) is 0 Å². The molecule has 0 saturated carbocycles. The number of allylic oxidation sites excluding steroid dienone is 2. The van der Waals surface area contributed by atoms with Gasteiger partial charge in [-0.25, -0.2) is 0 Å². The zero-order chi connectivity index (χ0) is 12.5. The molecule has 0 aliphatic heterocycles. The molecule has 0 saturated heterocycles. The standard InChI is InChI=1S/C17H28/c1-4-6-11-15(3)12-8-7-9-13-17-14-16(17)10-5-2/h2,15H,4,6-14H2,1,3H3. The molecule has 1 aliphatic rings. The van der Waals surface area contributed by atoms with E-state index >= 15 is 0 Å². The molecule has 1 unspecified atom stereocenters. The molecule has 0 radical (unpaired) electrons. The average Bonchev–Trinajstić information content (AvgIpc) is 3.05. The van der Waals surface area contributed by atoms with Crippen molar-refractivity contribution in [3.05, 3.63) is 11.1 Å². The molecular formula is C17H28. The third-order valence-corrected chi connectivity index (χ3v) is 3.84. The van der Waals surface area contributed by atoms with Crippen LogP contribution in [0.25, 0.3) is 0 Å². The molecule has 0 nitrogen and oxygen atoms in total. The van der Waals surface area contributed by atoms with Crippen molar-refractivity contribution in [1.29, 1.82) is 0 Å². The van der Waals surface area contributed by atoms with E-state index in [4.69, 9.17) is 6.42 Å². The van der Waals surface area contributed by atoms with Gasteiger partial charge >= 0.3 is 0 Å². The van der Waals surface area contributed by atoms with Gasteiger partial charge in [0.05, 0.1) is 0 Å². The molecule has 0 heterocycles. The first kappa shape index (κ1) is 14.4. The van der Waals surface area contributed by atoms with Crippen LogP contribution in [0.1, 0.15) is 78.1 Å². The van der Waals surface area contributed by atoms with Gasteiger partial charge in [0.1, 0.15) is 0 Å². The summed E-state index contributed by atoms with van der Waals surface area (Å²) in [6.07, 6.45) is 18.6. The quantitative estimate of drug-likeness (QED) is 0.265. The highest BCUT2D eigenvalue weighted by Gasteiger charge is 2.18. The van der Waals surface area contributed by atoms with Crippen LogP contribution in [0.5, 0.6) is 0 Å². The van der Waals surface area contributed by atoms with Crippen molar-refractivity contribution in [3.8, 4) is 12.3 Å². The molecule has 1 aliphatic carbocycles. The van der Waals surface area contributed by atoms with Crippen LogP contribution in [0.4, 0.5) is 0 Å². The maximum atomic E-state index is 5.30. The van der Waals surface area contributed by atoms with Gasteiger partial charge in [0.2, 0.25) is 0 Å². The Hall–Kier alpha value is -0.700. The Morgan fingerprint density at radius 2 is 1.88 bits per heavy atom. The zero-order valence-corrected chi connectivity index (χ0v) is 11.7. The molecule has 0 heteroatoms. The Kier molecular flexibility index (Phi) is 7.10. The highest BCUT2D eigenvalue weighted by molar-refractivity contribution is 5.37. The van der Waals surface area contributed by atoms with E-state index in [1.54, 1.807) is 11.1 Å². The van der Waals surface area contributed by atoms with E-state index in [9.17, 15) is 0 Å². The van der Waals surface area contributed by atoms with Crippen LogP contribution in [0.15, 0.2) is 11.1 Å². The summed E-state index contributed by atoms with van der Waals surface area (Å²) in [6.45, 7) is 4.69. The van der Waals surface area contributed by atoms with Crippen molar-refractivity contribution < 1.29 is 0 Å². The van der Waals surface area contributed by atoms with E-state index in [2.05, 4.69) is 19.8 Å². The minimum atomic E-state index is 0.906. The van der Waals surface area contributed by atoms with Crippen LogP contribution in [0.2, 0.25) is 0 Å². The lowest BCUT2D eigenvalue weighted by atomic mass is 9.97. The molecule has 0 N–H and O–H groups in total. The van der Waals surface area contributed by atoms with Crippen LogP contribution in [0, 0.1) is 18.3 Å². The maximum Gasteiger partial charge on any atom is 0.0302 e. The molecule has 17 heavy (non-hydrogen) atoms. The molecule has 0 bridgehead atoms. The Labute approximate surface area is 108 Å². The van der Waals surface area contributed by atoms with E-state index in [1.165, 1.54) is 57.8 Å². The van der Waals surface area contributed by atoms with Crippen LogP contribution < -0.4 is 0 Å². The van der Waals surface area contributed by atoms with Crippen molar-refractivity contribution in [3.63, 3.8) is 0 Å². The smallest absolute Gasteiger partial charge is 0.0302 e. The summed E-state index contributed by atoms with van der Waals surface area (Å²) in [5.74, 6) is 3.67. The SMILES string of the molecule is C#CCC1=C(CCCCCC(C)CCCC)C1. The van der Waals surface area contributed by atoms with Crippen molar-refractivity contribution in [2.75, 3.05) is 0 Å². The van der Waals surface area contributed by atoms with Gasteiger partial charge < -0.3 is 0 Å². The fourth-order valence-electron chi connectivity index (χ4n) is 2.49. The lowest BCUT2D eigenvalue weighted by molar-refractivity contribution is 0.445. The average molecular weight is 232 g/mol. The molecule has 0 spiro atoms. The normalized spacial score (nSPS) is 15.8. The van der Waals surface area contributed by atoms with Crippen LogP contribution in [0.3, 0.4) is 0 Å². The van der Waals surface area contributed by atoms with E-state index in [0.717, 1.165) is 12.3 Å². The number of hydrogen-bond donors (Lipinski definition) is 0. The van der Waals surface area contributed by atoms with Crippen LogP contribution in [-0.2, 0) is 0 Å². The van der Waals surface area contributed by atoms with Gasteiger partial charge in [-0.2, -0.15) is 0 Å². The second-order valence-corrected chi connectivity index (χ2v) is 5.61. The van der Waals surface area contributed by atoms with Gasteiger partial charge in [-0.1, -0.05) is 63.5 Å². The van der Waals surface area contributed by atoms with Crippen molar-refractivity contribution >= 4 is 0 Å². The molecule has 0 amide bonds. The third-order valence-electron chi connectivity index (χ3n) is 3.84. The molecule has 0 aromatic rings. The summed E-state index contributed by atoms with van der Waals surface area (Å²) >= 11 is 0. The minimum Gasteiger partial charge on any atom is -0.120 e. The van der Waals surface area contributed by atoms with Gasteiger partial charge in [0.15, 0.2) is 0 Å². The molecule has 1 rings (SSSR count). The second kappa shape index (κ2) is 8.40. The largest absolute Gasteiger partial charge is 0.120 e. The Morgan fingerprint density at radius 1 is 1.12 bits per heavy atom. The highest BCUT2D eigenvalue weighted by Crippen LogP contribution is 2.37. The molecule has 0 aromatic carbocycles. The Bertz CT molecular complexity index is 277. The first-order valence-corrected chi connectivity index (χ1v) is 7.41. The Morgan fingerprint density at radius 3 is 2.59 bits per heavy atom. The number of hydrogen-bond acceptors (Lipinski definition) is 0. The lowest BCUT2D eigenvalue weighted by Gasteiger charge is -2.09. The van der Waals surface area contributed by atoms with Crippen molar-refractivity contribution in [2.45, 2.75) is 78.1 Å². The summed E-state index contributed by atoms with van der Waals surface area (Å²) in [5, 5.41) is 0. The summed E-state index contributed by atoms with van der Waals surface area (Å²) in [4.78, 5) is 0. The zero-order valence-electron chi connectivity index (χ0n) is 11.7. The van der Waals surface area contributed by atoms with E-state index < -0.39 is 0 Å². The van der Waals surface area contributed by atoms with E-state index in [1.807, 2.05) is 0 Å². The van der Waals surface area contributed by atoms with Gasteiger partial charge in [-0.3, -0.25) is 0 Å². The fraction of sp³-hybridized carbons (Fsp3) is 0.765. The molecule has 96 valence electrons. The third kappa shape index (κ3) is 6.57. The Balaban J connectivity index is 1.90. The summed E-state index contributed by atoms with van der Waals surface area (Å²) < 4.78 is 0.